The molecule has 5 nitrogen and oxygen atoms in total. The molecule has 1 aliphatic rings. The van der Waals surface area contributed by atoms with E-state index in [4.69, 9.17) is 0 Å². The van der Waals surface area contributed by atoms with Crippen molar-refractivity contribution < 1.29 is 4.79 Å². The molecular formula is C13H19BrN4O. The van der Waals surface area contributed by atoms with Crippen LogP contribution in [0.3, 0.4) is 0 Å². The first-order chi connectivity index (χ1) is 8.95. The topological polar surface area (TPSA) is 58.1 Å². The van der Waals surface area contributed by atoms with Gasteiger partial charge in [0.25, 0.3) is 0 Å². The molecule has 1 fully saturated rings. The molecule has 0 spiro atoms. The second-order valence-corrected chi connectivity index (χ2v) is 6.06. The van der Waals surface area contributed by atoms with E-state index in [0.29, 0.717) is 6.42 Å². The Balaban J connectivity index is 2.08. The molecule has 0 radical (unpaired) electrons. The van der Waals surface area contributed by atoms with Crippen LogP contribution >= 0.6 is 15.9 Å². The molecule has 1 aliphatic heterocycles. The lowest BCUT2D eigenvalue weighted by atomic mass is 10.1. The Morgan fingerprint density at radius 1 is 1.47 bits per heavy atom. The summed E-state index contributed by atoms with van der Waals surface area (Å²) in [4.78, 5) is 22.1. The number of hydrogen-bond acceptors (Lipinski definition) is 4. The number of amides is 1. The van der Waals surface area contributed by atoms with Gasteiger partial charge in [0.1, 0.15) is 16.2 Å². The minimum absolute atomic E-state index is 0.213. The monoisotopic (exact) mass is 326 g/mol. The molecule has 1 saturated heterocycles. The number of likely N-dealkylation sites (tertiary alicyclic amines) is 1. The fraction of sp³-hybridized carbons (Fsp3) is 0.615. The van der Waals surface area contributed by atoms with E-state index in [0.717, 1.165) is 29.2 Å². The van der Waals surface area contributed by atoms with Crippen molar-refractivity contribution >= 4 is 27.7 Å². The Bertz CT molecular complexity index is 478. The molecule has 1 N–H and O–H groups in total. The van der Waals surface area contributed by atoms with Crippen LogP contribution < -0.4 is 5.32 Å². The summed E-state index contributed by atoms with van der Waals surface area (Å²) in [6.07, 6.45) is 1.44. The van der Waals surface area contributed by atoms with Crippen LogP contribution in [0.2, 0.25) is 0 Å². The van der Waals surface area contributed by atoms with Gasteiger partial charge in [-0.25, -0.2) is 9.97 Å². The lowest BCUT2D eigenvalue weighted by Crippen LogP contribution is -2.43. The van der Waals surface area contributed by atoms with Crippen LogP contribution in [0.4, 0.5) is 5.82 Å². The maximum Gasteiger partial charge on any atom is 0.222 e. The van der Waals surface area contributed by atoms with Crippen molar-refractivity contribution in [3.05, 3.63) is 16.5 Å². The van der Waals surface area contributed by atoms with Crippen molar-refractivity contribution in [2.75, 3.05) is 18.9 Å². The van der Waals surface area contributed by atoms with Crippen molar-refractivity contribution in [3.63, 3.8) is 0 Å². The van der Waals surface area contributed by atoms with Gasteiger partial charge in [0.2, 0.25) is 5.91 Å². The van der Waals surface area contributed by atoms with Crippen LogP contribution in [0.1, 0.15) is 38.4 Å². The molecule has 1 amide bonds. The van der Waals surface area contributed by atoms with Gasteiger partial charge in [-0.1, -0.05) is 13.8 Å². The van der Waals surface area contributed by atoms with E-state index in [-0.39, 0.29) is 17.9 Å². The van der Waals surface area contributed by atoms with Crippen LogP contribution in [0.5, 0.6) is 0 Å². The maximum atomic E-state index is 11.5. The highest BCUT2D eigenvalue weighted by Crippen LogP contribution is 2.20. The van der Waals surface area contributed by atoms with Crippen molar-refractivity contribution in [2.24, 2.45) is 0 Å². The van der Waals surface area contributed by atoms with E-state index in [9.17, 15) is 4.79 Å². The summed E-state index contributed by atoms with van der Waals surface area (Å²) >= 11 is 3.41. The van der Waals surface area contributed by atoms with Crippen molar-refractivity contribution in [2.45, 2.75) is 38.6 Å². The molecule has 0 aromatic carbocycles. The SMILES string of the molecule is CC(C)c1nc(Br)cc(NC2CCC(=O)N(C)C2)n1. The van der Waals surface area contributed by atoms with E-state index in [1.54, 1.807) is 4.90 Å². The Labute approximate surface area is 121 Å². The fourth-order valence-electron chi connectivity index (χ4n) is 2.11. The highest BCUT2D eigenvalue weighted by molar-refractivity contribution is 9.10. The highest BCUT2D eigenvalue weighted by atomic mass is 79.9. The maximum absolute atomic E-state index is 11.5. The third-order valence-electron chi connectivity index (χ3n) is 3.21. The van der Waals surface area contributed by atoms with E-state index >= 15 is 0 Å². The Morgan fingerprint density at radius 3 is 2.84 bits per heavy atom. The minimum atomic E-state index is 0.213. The summed E-state index contributed by atoms with van der Waals surface area (Å²) in [5, 5.41) is 3.39. The summed E-state index contributed by atoms with van der Waals surface area (Å²) in [6.45, 7) is 4.86. The second-order valence-electron chi connectivity index (χ2n) is 5.24. The highest BCUT2D eigenvalue weighted by Gasteiger charge is 2.23. The first kappa shape index (κ1) is 14.2. The minimum Gasteiger partial charge on any atom is -0.365 e. The number of anilines is 1. The average molecular weight is 327 g/mol. The third kappa shape index (κ3) is 3.65. The van der Waals surface area contributed by atoms with Crippen LogP contribution in [-0.2, 0) is 4.79 Å². The van der Waals surface area contributed by atoms with Crippen molar-refractivity contribution in [1.29, 1.82) is 0 Å². The van der Waals surface area contributed by atoms with Crippen LogP contribution in [0, 0.1) is 0 Å². The molecule has 1 unspecified atom stereocenters. The predicted octanol–water partition coefficient (Wildman–Crippen LogP) is 2.40. The van der Waals surface area contributed by atoms with E-state index in [1.807, 2.05) is 13.1 Å². The summed E-state index contributed by atoms with van der Waals surface area (Å²) < 4.78 is 0.786. The number of rotatable bonds is 3. The summed E-state index contributed by atoms with van der Waals surface area (Å²) in [5.74, 6) is 2.13. The van der Waals surface area contributed by atoms with Gasteiger partial charge in [-0.3, -0.25) is 4.79 Å². The number of aromatic nitrogens is 2. The molecule has 0 bridgehead atoms. The van der Waals surface area contributed by atoms with Gasteiger partial charge in [0.15, 0.2) is 0 Å². The van der Waals surface area contributed by atoms with Crippen LogP contribution in [0.25, 0.3) is 0 Å². The molecule has 1 aromatic heterocycles. The summed E-state index contributed by atoms with van der Waals surface area (Å²) in [7, 11) is 1.84. The zero-order valence-electron chi connectivity index (χ0n) is 11.5. The molecular weight excluding hydrogens is 308 g/mol. The standard InChI is InChI=1S/C13H19BrN4O/c1-8(2)13-16-10(14)6-11(17-13)15-9-4-5-12(19)18(3)7-9/h6,8-9H,4-5,7H2,1-3H3,(H,15,16,17). The van der Waals surface area contributed by atoms with Crippen molar-refractivity contribution in [1.82, 2.24) is 14.9 Å². The third-order valence-corrected chi connectivity index (χ3v) is 3.61. The van der Waals surface area contributed by atoms with E-state index in [2.05, 4.69) is 45.1 Å². The number of nitrogens with one attached hydrogen (secondary N) is 1. The first-order valence-electron chi connectivity index (χ1n) is 6.50. The van der Waals surface area contributed by atoms with Crippen LogP contribution in [-0.4, -0.2) is 40.4 Å². The number of carbonyl (C=O) groups excluding carboxylic acids is 1. The lowest BCUT2D eigenvalue weighted by Gasteiger charge is -2.30. The molecule has 19 heavy (non-hydrogen) atoms. The fourth-order valence-corrected chi connectivity index (χ4v) is 2.51. The molecule has 104 valence electrons. The number of piperidine rings is 1. The molecule has 2 rings (SSSR count). The Hall–Kier alpha value is -1.17. The molecule has 1 atom stereocenters. The smallest absolute Gasteiger partial charge is 0.222 e. The molecule has 2 heterocycles. The zero-order chi connectivity index (χ0) is 14.0. The van der Waals surface area contributed by atoms with Gasteiger partial charge < -0.3 is 10.2 Å². The van der Waals surface area contributed by atoms with E-state index in [1.165, 1.54) is 0 Å². The van der Waals surface area contributed by atoms with Gasteiger partial charge in [-0.2, -0.15) is 0 Å². The molecule has 0 aliphatic carbocycles. The molecule has 1 aromatic rings. The Morgan fingerprint density at radius 2 is 2.21 bits per heavy atom. The van der Waals surface area contributed by atoms with E-state index < -0.39 is 0 Å². The van der Waals surface area contributed by atoms with Gasteiger partial charge in [0, 0.05) is 38.0 Å². The molecule has 6 heteroatoms. The summed E-state index contributed by atoms with van der Waals surface area (Å²) in [5.41, 5.74) is 0. The Kier molecular flexibility index (Phi) is 4.39. The number of likely N-dealkylation sites (N-methyl/N-ethyl adjacent to an activating group) is 1. The first-order valence-corrected chi connectivity index (χ1v) is 7.30. The summed E-state index contributed by atoms with van der Waals surface area (Å²) in [6, 6.07) is 2.13. The quantitative estimate of drug-likeness (QED) is 0.866. The zero-order valence-corrected chi connectivity index (χ0v) is 13.1. The van der Waals surface area contributed by atoms with Crippen LogP contribution in [0.15, 0.2) is 10.7 Å². The number of nitrogens with zero attached hydrogens (tertiary/aromatic N) is 3. The van der Waals surface area contributed by atoms with Crippen molar-refractivity contribution in [3.8, 4) is 0 Å². The number of carbonyl (C=O) groups is 1. The lowest BCUT2D eigenvalue weighted by molar-refractivity contribution is -0.132. The van der Waals surface area contributed by atoms with Gasteiger partial charge in [-0.15, -0.1) is 0 Å². The molecule has 0 saturated carbocycles. The largest absolute Gasteiger partial charge is 0.365 e. The number of hydrogen-bond donors (Lipinski definition) is 1. The van der Waals surface area contributed by atoms with Gasteiger partial charge in [-0.05, 0) is 22.4 Å². The average Bonchev–Trinajstić information content (AvgIpc) is 2.33. The van der Waals surface area contributed by atoms with Gasteiger partial charge in [0.05, 0.1) is 0 Å². The predicted molar refractivity (Wildman–Crippen MR) is 78.1 cm³/mol. The number of halogens is 1. The second kappa shape index (κ2) is 5.86. The normalized spacial score (nSPS) is 19.9. The van der Waals surface area contributed by atoms with Gasteiger partial charge >= 0.3 is 0 Å².